The van der Waals surface area contributed by atoms with Gasteiger partial charge in [-0.05, 0) is 25.8 Å². The van der Waals surface area contributed by atoms with Gasteiger partial charge in [0, 0.05) is 0 Å². The van der Waals surface area contributed by atoms with E-state index < -0.39 is 17.4 Å². The molecule has 1 amide bonds. The van der Waals surface area contributed by atoms with Crippen LogP contribution in [0.3, 0.4) is 0 Å². The zero-order valence-corrected chi connectivity index (χ0v) is 11.2. The van der Waals surface area contributed by atoms with Crippen LogP contribution in [0, 0.1) is 0 Å². The first-order valence-corrected chi connectivity index (χ1v) is 6.09. The number of carbonyl (C=O) groups excluding carboxylic acids is 1. The molecule has 2 N–H and O–H groups in total. The lowest BCUT2D eigenvalue weighted by Gasteiger charge is -2.26. The molecule has 4 nitrogen and oxygen atoms in total. The quantitative estimate of drug-likeness (QED) is 0.771. The van der Waals surface area contributed by atoms with E-state index in [1.165, 1.54) is 6.08 Å². The Balaban J connectivity index is 2.87. The summed E-state index contributed by atoms with van der Waals surface area (Å²) in [5, 5.41) is 11.6. The number of carboxylic acids is 1. The van der Waals surface area contributed by atoms with Crippen molar-refractivity contribution in [1.82, 2.24) is 5.32 Å². The predicted octanol–water partition coefficient (Wildman–Crippen LogP) is 2.11. The molecule has 0 radical (unpaired) electrons. The van der Waals surface area contributed by atoms with Crippen molar-refractivity contribution < 1.29 is 14.7 Å². The standard InChI is InChI=1S/C15H19NO3/c1-4-8-12(13(17)18)16-14(19)15(2,3)11-9-6-5-7-10-11/h4-7,9-10,12H,1,8H2,2-3H3,(H,16,19)(H,17,18). The van der Waals surface area contributed by atoms with Gasteiger partial charge in [0.15, 0.2) is 0 Å². The molecule has 0 aliphatic rings. The molecule has 19 heavy (non-hydrogen) atoms. The molecule has 0 saturated carbocycles. The second-order valence-corrected chi connectivity index (χ2v) is 4.88. The summed E-state index contributed by atoms with van der Waals surface area (Å²) in [5.41, 5.74) is 0.0612. The smallest absolute Gasteiger partial charge is 0.326 e. The number of nitrogens with one attached hydrogen (secondary N) is 1. The van der Waals surface area contributed by atoms with Crippen molar-refractivity contribution in [3.63, 3.8) is 0 Å². The van der Waals surface area contributed by atoms with E-state index in [-0.39, 0.29) is 12.3 Å². The number of rotatable bonds is 6. The molecule has 1 rings (SSSR count). The summed E-state index contributed by atoms with van der Waals surface area (Å²) in [6.45, 7) is 7.03. The number of carboxylic acid groups (broad SMARTS) is 1. The Kier molecular flexibility index (Phi) is 4.87. The molecule has 102 valence electrons. The van der Waals surface area contributed by atoms with Gasteiger partial charge in [0.1, 0.15) is 6.04 Å². The van der Waals surface area contributed by atoms with E-state index in [1.54, 1.807) is 13.8 Å². The Morgan fingerprint density at radius 2 is 1.95 bits per heavy atom. The van der Waals surface area contributed by atoms with E-state index >= 15 is 0 Å². The fraction of sp³-hybridized carbons (Fsp3) is 0.333. The van der Waals surface area contributed by atoms with Crippen LogP contribution in [0.2, 0.25) is 0 Å². The SMILES string of the molecule is C=CCC(NC(=O)C(C)(C)c1ccccc1)C(=O)O. The summed E-state index contributed by atoms with van der Waals surface area (Å²) in [6, 6.07) is 8.33. The van der Waals surface area contributed by atoms with Crippen LogP contribution in [-0.4, -0.2) is 23.0 Å². The lowest BCUT2D eigenvalue weighted by atomic mass is 9.83. The van der Waals surface area contributed by atoms with Crippen LogP contribution < -0.4 is 5.32 Å². The second kappa shape index (κ2) is 6.18. The van der Waals surface area contributed by atoms with Crippen LogP contribution in [0.4, 0.5) is 0 Å². The normalized spacial score (nSPS) is 12.5. The van der Waals surface area contributed by atoms with Crippen LogP contribution in [0.5, 0.6) is 0 Å². The summed E-state index contributed by atoms with van der Waals surface area (Å²) in [5.74, 6) is -1.37. The van der Waals surface area contributed by atoms with Gasteiger partial charge in [-0.1, -0.05) is 36.4 Å². The van der Waals surface area contributed by atoms with Gasteiger partial charge < -0.3 is 10.4 Å². The van der Waals surface area contributed by atoms with Gasteiger partial charge in [-0.15, -0.1) is 6.58 Å². The van der Waals surface area contributed by atoms with Gasteiger partial charge in [0.05, 0.1) is 5.41 Å². The molecule has 4 heteroatoms. The zero-order chi connectivity index (χ0) is 14.5. The van der Waals surface area contributed by atoms with Crippen molar-refractivity contribution in [2.75, 3.05) is 0 Å². The highest BCUT2D eigenvalue weighted by Gasteiger charge is 2.32. The highest BCUT2D eigenvalue weighted by atomic mass is 16.4. The molecule has 0 spiro atoms. The average molecular weight is 261 g/mol. The first kappa shape index (κ1) is 15.0. The molecular formula is C15H19NO3. The minimum Gasteiger partial charge on any atom is -0.480 e. The van der Waals surface area contributed by atoms with Crippen LogP contribution in [-0.2, 0) is 15.0 Å². The molecule has 0 bridgehead atoms. The molecule has 0 aliphatic heterocycles. The maximum absolute atomic E-state index is 12.2. The monoisotopic (exact) mass is 261 g/mol. The van der Waals surface area contributed by atoms with E-state index in [0.717, 1.165) is 5.56 Å². The van der Waals surface area contributed by atoms with Crippen LogP contribution in [0.1, 0.15) is 25.8 Å². The van der Waals surface area contributed by atoms with E-state index in [4.69, 9.17) is 5.11 Å². The predicted molar refractivity (Wildman–Crippen MR) is 73.8 cm³/mol. The summed E-state index contributed by atoms with van der Waals surface area (Å²) in [6.07, 6.45) is 1.68. The minimum atomic E-state index is -1.06. The van der Waals surface area contributed by atoms with Crippen molar-refractivity contribution in [3.8, 4) is 0 Å². The third kappa shape index (κ3) is 3.68. The molecule has 0 saturated heterocycles. The minimum absolute atomic E-state index is 0.200. The Bertz CT molecular complexity index is 466. The number of carbonyl (C=O) groups is 2. The van der Waals surface area contributed by atoms with Crippen LogP contribution in [0.25, 0.3) is 0 Å². The van der Waals surface area contributed by atoms with E-state index in [2.05, 4.69) is 11.9 Å². The second-order valence-electron chi connectivity index (χ2n) is 4.88. The fourth-order valence-corrected chi connectivity index (χ4v) is 1.71. The van der Waals surface area contributed by atoms with E-state index in [9.17, 15) is 9.59 Å². The largest absolute Gasteiger partial charge is 0.480 e. The maximum atomic E-state index is 12.2. The van der Waals surface area contributed by atoms with Crippen molar-refractivity contribution in [3.05, 3.63) is 48.6 Å². The first-order chi connectivity index (χ1) is 8.89. The van der Waals surface area contributed by atoms with Gasteiger partial charge in [-0.25, -0.2) is 4.79 Å². The highest BCUT2D eigenvalue weighted by molar-refractivity contribution is 5.90. The number of hydrogen-bond donors (Lipinski definition) is 2. The van der Waals surface area contributed by atoms with Gasteiger partial charge >= 0.3 is 5.97 Å². The highest BCUT2D eigenvalue weighted by Crippen LogP contribution is 2.23. The number of amides is 1. The number of aliphatic carboxylic acids is 1. The van der Waals surface area contributed by atoms with Crippen molar-refractivity contribution in [2.45, 2.75) is 31.7 Å². The summed E-state index contributed by atoms with van der Waals surface area (Å²) < 4.78 is 0. The maximum Gasteiger partial charge on any atom is 0.326 e. The first-order valence-electron chi connectivity index (χ1n) is 6.09. The zero-order valence-electron chi connectivity index (χ0n) is 11.2. The Hall–Kier alpha value is -2.10. The Labute approximate surface area is 113 Å². The van der Waals surface area contributed by atoms with E-state index in [1.807, 2.05) is 30.3 Å². The van der Waals surface area contributed by atoms with Gasteiger partial charge in [0.2, 0.25) is 5.91 Å². The topological polar surface area (TPSA) is 66.4 Å². The molecule has 0 fully saturated rings. The summed E-state index contributed by atoms with van der Waals surface area (Å²) in [4.78, 5) is 23.3. The lowest BCUT2D eigenvalue weighted by molar-refractivity contribution is -0.142. The number of hydrogen-bond acceptors (Lipinski definition) is 2. The molecule has 1 aromatic carbocycles. The van der Waals surface area contributed by atoms with Crippen molar-refractivity contribution in [1.29, 1.82) is 0 Å². The molecular weight excluding hydrogens is 242 g/mol. The number of benzene rings is 1. The molecule has 0 aromatic heterocycles. The Morgan fingerprint density at radius 3 is 2.42 bits per heavy atom. The van der Waals surface area contributed by atoms with Crippen LogP contribution >= 0.6 is 0 Å². The molecule has 1 aromatic rings. The van der Waals surface area contributed by atoms with Gasteiger partial charge in [0.25, 0.3) is 0 Å². The third-order valence-electron chi connectivity index (χ3n) is 3.07. The fourth-order valence-electron chi connectivity index (χ4n) is 1.71. The van der Waals surface area contributed by atoms with Crippen molar-refractivity contribution >= 4 is 11.9 Å². The van der Waals surface area contributed by atoms with Gasteiger partial charge in [-0.3, -0.25) is 4.79 Å². The molecule has 0 aliphatic carbocycles. The average Bonchev–Trinajstić information content (AvgIpc) is 2.38. The third-order valence-corrected chi connectivity index (χ3v) is 3.07. The molecule has 1 unspecified atom stereocenters. The lowest BCUT2D eigenvalue weighted by Crippen LogP contribution is -2.48. The van der Waals surface area contributed by atoms with Crippen molar-refractivity contribution in [2.24, 2.45) is 0 Å². The van der Waals surface area contributed by atoms with Gasteiger partial charge in [-0.2, -0.15) is 0 Å². The van der Waals surface area contributed by atoms with E-state index in [0.29, 0.717) is 0 Å². The summed E-state index contributed by atoms with van der Waals surface area (Å²) >= 11 is 0. The molecule has 1 atom stereocenters. The Morgan fingerprint density at radius 1 is 1.37 bits per heavy atom. The van der Waals surface area contributed by atoms with Crippen LogP contribution in [0.15, 0.2) is 43.0 Å². The summed E-state index contributed by atoms with van der Waals surface area (Å²) in [7, 11) is 0. The molecule has 0 heterocycles.